The molecule has 0 aliphatic rings. The summed E-state index contributed by atoms with van der Waals surface area (Å²) in [6, 6.07) is 3.78. The zero-order valence-electron chi connectivity index (χ0n) is 8.89. The molecule has 16 heavy (non-hydrogen) atoms. The molecular formula is C11H12ClN3O. The summed E-state index contributed by atoms with van der Waals surface area (Å²) in [4.78, 5) is 8.27. The minimum atomic E-state index is 0.0632. The summed E-state index contributed by atoms with van der Waals surface area (Å²) in [6.45, 7) is 0.0632. The summed E-state index contributed by atoms with van der Waals surface area (Å²) < 4.78 is 1.88. The van der Waals surface area contributed by atoms with Crippen LogP contribution in [0, 0.1) is 0 Å². The van der Waals surface area contributed by atoms with Crippen molar-refractivity contribution < 1.29 is 5.11 Å². The Hall–Kier alpha value is -1.39. The smallest absolute Gasteiger partial charge is 0.155 e. The number of aromatic nitrogens is 3. The van der Waals surface area contributed by atoms with Gasteiger partial charge in [0, 0.05) is 31.4 Å². The number of nitrogens with zero attached hydrogens (tertiary/aromatic N) is 3. The summed E-state index contributed by atoms with van der Waals surface area (Å²) in [6.07, 6.45) is 3.95. The Morgan fingerprint density at radius 1 is 1.50 bits per heavy atom. The molecule has 2 aromatic rings. The monoisotopic (exact) mass is 237 g/mol. The van der Waals surface area contributed by atoms with Gasteiger partial charge < -0.3 is 9.67 Å². The van der Waals surface area contributed by atoms with Crippen molar-refractivity contribution >= 4 is 11.6 Å². The van der Waals surface area contributed by atoms with Crippen LogP contribution in [0.1, 0.15) is 5.82 Å². The standard InChI is InChI=1S/C11H12ClN3O/c1-15-9(4-6-16)14-11(12)10(15)8-3-2-5-13-7-8/h2-3,5,7,16H,4,6H2,1H3. The van der Waals surface area contributed by atoms with Gasteiger partial charge in [0.2, 0.25) is 0 Å². The van der Waals surface area contributed by atoms with Crippen LogP contribution in [0.5, 0.6) is 0 Å². The number of hydrogen-bond donors (Lipinski definition) is 1. The lowest BCUT2D eigenvalue weighted by atomic mass is 10.2. The predicted molar refractivity (Wildman–Crippen MR) is 62.2 cm³/mol. The van der Waals surface area contributed by atoms with Crippen molar-refractivity contribution in [2.45, 2.75) is 6.42 Å². The normalized spacial score (nSPS) is 10.7. The molecule has 0 saturated carbocycles. The Balaban J connectivity index is 2.49. The maximum atomic E-state index is 8.91. The van der Waals surface area contributed by atoms with Gasteiger partial charge in [-0.15, -0.1) is 0 Å². The van der Waals surface area contributed by atoms with Crippen LogP contribution in [0.4, 0.5) is 0 Å². The maximum absolute atomic E-state index is 8.91. The Labute approximate surface area is 98.5 Å². The molecule has 0 aromatic carbocycles. The quantitative estimate of drug-likeness (QED) is 0.884. The highest BCUT2D eigenvalue weighted by Crippen LogP contribution is 2.27. The van der Waals surface area contributed by atoms with Crippen molar-refractivity contribution in [3.8, 4) is 11.3 Å². The predicted octanol–water partition coefficient (Wildman–Crippen LogP) is 1.67. The summed E-state index contributed by atoms with van der Waals surface area (Å²) in [5.74, 6) is 0.770. The van der Waals surface area contributed by atoms with Gasteiger partial charge in [0.05, 0.1) is 12.3 Å². The van der Waals surface area contributed by atoms with Crippen molar-refractivity contribution in [1.82, 2.24) is 14.5 Å². The first kappa shape index (κ1) is 11.1. The van der Waals surface area contributed by atoms with Gasteiger partial charge >= 0.3 is 0 Å². The van der Waals surface area contributed by atoms with E-state index in [1.54, 1.807) is 12.4 Å². The summed E-state index contributed by atoms with van der Waals surface area (Å²) in [5.41, 5.74) is 1.75. The molecule has 4 nitrogen and oxygen atoms in total. The minimum absolute atomic E-state index is 0.0632. The molecule has 2 heterocycles. The molecule has 5 heteroatoms. The number of pyridine rings is 1. The van der Waals surface area contributed by atoms with Crippen LogP contribution in [-0.2, 0) is 13.5 Å². The molecule has 0 spiro atoms. The molecule has 84 valence electrons. The van der Waals surface area contributed by atoms with E-state index in [4.69, 9.17) is 16.7 Å². The highest BCUT2D eigenvalue weighted by molar-refractivity contribution is 6.32. The summed E-state index contributed by atoms with van der Waals surface area (Å²) in [5, 5.41) is 9.35. The number of aliphatic hydroxyl groups is 1. The van der Waals surface area contributed by atoms with Gasteiger partial charge in [-0.1, -0.05) is 11.6 Å². The number of halogens is 1. The van der Waals surface area contributed by atoms with Gasteiger partial charge in [0.1, 0.15) is 5.82 Å². The van der Waals surface area contributed by atoms with E-state index in [2.05, 4.69) is 9.97 Å². The first-order chi connectivity index (χ1) is 7.74. The number of imidazole rings is 1. The van der Waals surface area contributed by atoms with E-state index in [-0.39, 0.29) is 6.61 Å². The minimum Gasteiger partial charge on any atom is -0.396 e. The van der Waals surface area contributed by atoms with Gasteiger partial charge in [-0.3, -0.25) is 4.98 Å². The van der Waals surface area contributed by atoms with Gasteiger partial charge in [-0.2, -0.15) is 0 Å². The van der Waals surface area contributed by atoms with Crippen LogP contribution < -0.4 is 0 Å². The molecular weight excluding hydrogens is 226 g/mol. The lowest BCUT2D eigenvalue weighted by Crippen LogP contribution is -2.02. The molecule has 0 unspecified atom stereocenters. The van der Waals surface area contributed by atoms with Crippen molar-refractivity contribution in [2.75, 3.05) is 6.61 Å². The summed E-state index contributed by atoms with van der Waals surface area (Å²) in [7, 11) is 1.88. The fourth-order valence-electron chi connectivity index (χ4n) is 1.65. The second kappa shape index (κ2) is 4.63. The van der Waals surface area contributed by atoms with E-state index < -0.39 is 0 Å². The third-order valence-corrected chi connectivity index (χ3v) is 2.68. The third-order valence-electron chi connectivity index (χ3n) is 2.42. The van der Waals surface area contributed by atoms with Crippen molar-refractivity contribution in [1.29, 1.82) is 0 Å². The van der Waals surface area contributed by atoms with Crippen LogP contribution in [-0.4, -0.2) is 26.2 Å². The van der Waals surface area contributed by atoms with Crippen LogP contribution >= 0.6 is 11.6 Å². The third kappa shape index (κ3) is 1.94. The van der Waals surface area contributed by atoms with Gasteiger partial charge in [-0.25, -0.2) is 4.98 Å². The highest BCUT2D eigenvalue weighted by atomic mass is 35.5. The SMILES string of the molecule is Cn1c(CCO)nc(Cl)c1-c1cccnc1. The van der Waals surface area contributed by atoms with Crippen molar-refractivity contribution in [3.05, 3.63) is 35.5 Å². The Kier molecular flexibility index (Phi) is 3.22. The lowest BCUT2D eigenvalue weighted by Gasteiger charge is -2.04. The molecule has 0 radical (unpaired) electrons. The van der Waals surface area contributed by atoms with Gasteiger partial charge in [0.25, 0.3) is 0 Å². The van der Waals surface area contributed by atoms with E-state index in [0.717, 1.165) is 17.1 Å². The highest BCUT2D eigenvalue weighted by Gasteiger charge is 2.14. The van der Waals surface area contributed by atoms with Crippen LogP contribution in [0.3, 0.4) is 0 Å². The molecule has 0 amide bonds. The zero-order chi connectivity index (χ0) is 11.5. The van der Waals surface area contributed by atoms with Crippen molar-refractivity contribution in [2.24, 2.45) is 7.05 Å². The molecule has 0 atom stereocenters. The number of aliphatic hydroxyl groups excluding tert-OH is 1. The molecule has 0 aliphatic carbocycles. The van der Waals surface area contributed by atoms with E-state index in [9.17, 15) is 0 Å². The van der Waals surface area contributed by atoms with E-state index in [1.165, 1.54) is 0 Å². The fraction of sp³-hybridized carbons (Fsp3) is 0.273. The van der Waals surface area contributed by atoms with Crippen molar-refractivity contribution in [3.63, 3.8) is 0 Å². The van der Waals surface area contributed by atoms with Crippen LogP contribution in [0.25, 0.3) is 11.3 Å². The topological polar surface area (TPSA) is 50.9 Å². The Bertz CT molecular complexity index is 481. The van der Waals surface area contributed by atoms with Gasteiger partial charge in [0.15, 0.2) is 5.15 Å². The van der Waals surface area contributed by atoms with E-state index in [0.29, 0.717) is 11.6 Å². The van der Waals surface area contributed by atoms with E-state index in [1.807, 2.05) is 23.7 Å². The first-order valence-corrected chi connectivity index (χ1v) is 5.34. The molecule has 0 aliphatic heterocycles. The Morgan fingerprint density at radius 3 is 2.94 bits per heavy atom. The van der Waals surface area contributed by atoms with Gasteiger partial charge in [-0.05, 0) is 12.1 Å². The fourth-order valence-corrected chi connectivity index (χ4v) is 1.98. The second-order valence-corrected chi connectivity index (χ2v) is 3.80. The average molecular weight is 238 g/mol. The average Bonchev–Trinajstić information content (AvgIpc) is 2.56. The first-order valence-electron chi connectivity index (χ1n) is 4.96. The molecule has 2 rings (SSSR count). The molecule has 0 fully saturated rings. The maximum Gasteiger partial charge on any atom is 0.155 e. The zero-order valence-corrected chi connectivity index (χ0v) is 9.65. The second-order valence-electron chi connectivity index (χ2n) is 3.44. The molecule has 2 aromatic heterocycles. The van der Waals surface area contributed by atoms with Crippen LogP contribution in [0.15, 0.2) is 24.5 Å². The largest absolute Gasteiger partial charge is 0.396 e. The van der Waals surface area contributed by atoms with E-state index >= 15 is 0 Å². The molecule has 0 bridgehead atoms. The summed E-state index contributed by atoms with van der Waals surface area (Å²) >= 11 is 6.08. The lowest BCUT2D eigenvalue weighted by molar-refractivity contribution is 0.295. The number of rotatable bonds is 3. The van der Waals surface area contributed by atoms with Crippen LogP contribution in [0.2, 0.25) is 5.15 Å². The Morgan fingerprint density at radius 2 is 2.31 bits per heavy atom. The number of hydrogen-bond acceptors (Lipinski definition) is 3. The molecule has 1 N–H and O–H groups in total. The molecule has 0 saturated heterocycles.